The number of hydrogen-bond donors (Lipinski definition) is 1. The van der Waals surface area contributed by atoms with Gasteiger partial charge in [0.1, 0.15) is 17.5 Å². The summed E-state index contributed by atoms with van der Waals surface area (Å²) in [6.45, 7) is 0. The molecule has 0 bridgehead atoms. The molecule has 0 fully saturated rings. The molecule has 0 saturated carbocycles. The fourth-order valence-electron chi connectivity index (χ4n) is 1.55. The van der Waals surface area contributed by atoms with E-state index in [1.165, 1.54) is 24.3 Å². The summed E-state index contributed by atoms with van der Waals surface area (Å²) in [5.74, 6) is -2.61. The van der Waals surface area contributed by atoms with Crippen molar-refractivity contribution < 1.29 is 18.0 Å². The van der Waals surface area contributed by atoms with Gasteiger partial charge in [-0.05, 0) is 35.9 Å². The van der Waals surface area contributed by atoms with Crippen molar-refractivity contribution in [2.45, 2.75) is 0 Å². The molecule has 0 spiro atoms. The van der Waals surface area contributed by atoms with Crippen LogP contribution in [0.5, 0.6) is 0 Å². The van der Waals surface area contributed by atoms with Gasteiger partial charge in [-0.15, -0.1) is 0 Å². The van der Waals surface area contributed by atoms with Crippen molar-refractivity contribution in [2.75, 3.05) is 5.32 Å². The normalized spacial score (nSPS) is 10.8. The summed E-state index contributed by atoms with van der Waals surface area (Å²) < 4.78 is 38.9. The third kappa shape index (κ3) is 3.71. The average molecular weight is 277 g/mol. The molecule has 1 amide bonds. The molecule has 0 saturated heterocycles. The van der Waals surface area contributed by atoms with E-state index < -0.39 is 23.4 Å². The van der Waals surface area contributed by atoms with Gasteiger partial charge in [0.2, 0.25) is 5.91 Å². The molecular weight excluding hydrogens is 267 g/mol. The number of carbonyl (C=O) groups excluding carboxylic acids is 1. The number of rotatable bonds is 3. The van der Waals surface area contributed by atoms with Crippen LogP contribution in [-0.2, 0) is 4.79 Å². The van der Waals surface area contributed by atoms with E-state index in [0.717, 1.165) is 18.2 Å². The van der Waals surface area contributed by atoms with Gasteiger partial charge in [0, 0.05) is 12.1 Å². The van der Waals surface area contributed by atoms with Gasteiger partial charge in [-0.25, -0.2) is 13.2 Å². The Bertz CT molecular complexity index is 668. The van der Waals surface area contributed by atoms with Gasteiger partial charge < -0.3 is 5.32 Å². The summed E-state index contributed by atoms with van der Waals surface area (Å²) in [6.07, 6.45) is 2.53. The van der Waals surface area contributed by atoms with Crippen molar-refractivity contribution in [2.24, 2.45) is 0 Å². The number of hydrogen-bond acceptors (Lipinski definition) is 1. The maximum Gasteiger partial charge on any atom is 0.248 e. The molecular formula is C15H10F3NO. The van der Waals surface area contributed by atoms with E-state index in [2.05, 4.69) is 5.32 Å². The second kappa shape index (κ2) is 6.06. The van der Waals surface area contributed by atoms with Crippen LogP contribution < -0.4 is 5.32 Å². The van der Waals surface area contributed by atoms with Crippen molar-refractivity contribution in [1.82, 2.24) is 0 Å². The number of amides is 1. The quantitative estimate of drug-likeness (QED) is 0.850. The Morgan fingerprint density at radius 3 is 2.45 bits per heavy atom. The Morgan fingerprint density at radius 1 is 1.00 bits per heavy atom. The van der Waals surface area contributed by atoms with Crippen molar-refractivity contribution >= 4 is 17.7 Å². The predicted molar refractivity (Wildman–Crippen MR) is 70.4 cm³/mol. The lowest BCUT2D eigenvalue weighted by molar-refractivity contribution is -0.111. The van der Waals surface area contributed by atoms with Crippen molar-refractivity contribution in [1.29, 1.82) is 0 Å². The Balaban J connectivity index is 2.05. The second-order valence-corrected chi connectivity index (χ2v) is 4.00. The molecule has 0 unspecified atom stereocenters. The fourth-order valence-corrected chi connectivity index (χ4v) is 1.55. The number of halogens is 3. The summed E-state index contributed by atoms with van der Waals surface area (Å²) in [5, 5.41) is 2.26. The molecule has 5 heteroatoms. The van der Waals surface area contributed by atoms with Crippen LogP contribution >= 0.6 is 0 Å². The standard InChI is InChI=1S/C15H10F3NO/c16-11-3-1-2-10(8-11)4-7-15(20)19-14-6-5-12(17)9-13(14)18/h1-9H,(H,19,20)/b7-4+. The topological polar surface area (TPSA) is 29.1 Å². The Morgan fingerprint density at radius 2 is 1.75 bits per heavy atom. The van der Waals surface area contributed by atoms with Gasteiger partial charge >= 0.3 is 0 Å². The third-order valence-electron chi connectivity index (χ3n) is 2.46. The van der Waals surface area contributed by atoms with Crippen LogP contribution in [0.15, 0.2) is 48.5 Å². The lowest BCUT2D eigenvalue weighted by Crippen LogP contribution is -2.09. The molecule has 20 heavy (non-hydrogen) atoms. The van der Waals surface area contributed by atoms with Crippen LogP contribution in [0.1, 0.15) is 5.56 Å². The zero-order valence-corrected chi connectivity index (χ0v) is 10.2. The molecule has 0 heterocycles. The van der Waals surface area contributed by atoms with E-state index in [1.807, 2.05) is 0 Å². The van der Waals surface area contributed by atoms with E-state index >= 15 is 0 Å². The molecule has 0 aliphatic rings. The summed E-state index contributed by atoms with van der Waals surface area (Å²) in [7, 11) is 0. The minimum atomic E-state index is -0.863. The molecule has 102 valence electrons. The Labute approximate surface area is 113 Å². The molecule has 2 aromatic carbocycles. The minimum Gasteiger partial charge on any atom is -0.320 e. The van der Waals surface area contributed by atoms with E-state index in [1.54, 1.807) is 6.07 Å². The summed E-state index contributed by atoms with van der Waals surface area (Å²) in [4.78, 5) is 11.6. The third-order valence-corrected chi connectivity index (χ3v) is 2.46. The lowest BCUT2D eigenvalue weighted by atomic mass is 10.2. The van der Waals surface area contributed by atoms with Gasteiger partial charge in [0.05, 0.1) is 5.69 Å². The van der Waals surface area contributed by atoms with Gasteiger partial charge in [-0.3, -0.25) is 4.79 Å². The van der Waals surface area contributed by atoms with Gasteiger partial charge in [-0.2, -0.15) is 0 Å². The molecule has 0 aliphatic heterocycles. The maximum atomic E-state index is 13.3. The van der Waals surface area contributed by atoms with Crippen molar-refractivity contribution in [3.05, 3.63) is 71.6 Å². The highest BCUT2D eigenvalue weighted by Gasteiger charge is 2.05. The Hall–Kier alpha value is -2.56. The zero-order valence-electron chi connectivity index (χ0n) is 10.2. The molecule has 0 radical (unpaired) electrons. The van der Waals surface area contributed by atoms with Crippen LogP contribution in [0, 0.1) is 17.5 Å². The largest absolute Gasteiger partial charge is 0.320 e. The monoisotopic (exact) mass is 277 g/mol. The van der Waals surface area contributed by atoms with Gasteiger partial charge in [-0.1, -0.05) is 12.1 Å². The summed E-state index contributed by atoms with van der Waals surface area (Å²) in [5.41, 5.74) is 0.375. The first-order valence-corrected chi connectivity index (χ1v) is 5.74. The molecule has 0 atom stereocenters. The highest BCUT2D eigenvalue weighted by molar-refractivity contribution is 6.01. The molecule has 1 N–H and O–H groups in total. The van der Waals surface area contributed by atoms with E-state index in [0.29, 0.717) is 11.6 Å². The number of anilines is 1. The SMILES string of the molecule is O=C(/C=C/c1cccc(F)c1)Nc1ccc(F)cc1F. The maximum absolute atomic E-state index is 13.3. The highest BCUT2D eigenvalue weighted by Crippen LogP contribution is 2.15. The molecule has 0 aliphatic carbocycles. The first-order chi connectivity index (χ1) is 9.54. The number of benzene rings is 2. The van der Waals surface area contributed by atoms with Crippen LogP contribution in [0.2, 0.25) is 0 Å². The predicted octanol–water partition coefficient (Wildman–Crippen LogP) is 3.76. The smallest absolute Gasteiger partial charge is 0.248 e. The molecule has 2 nitrogen and oxygen atoms in total. The van der Waals surface area contributed by atoms with E-state index in [9.17, 15) is 18.0 Å². The van der Waals surface area contributed by atoms with E-state index in [-0.39, 0.29) is 5.69 Å². The van der Waals surface area contributed by atoms with Gasteiger partial charge in [0.15, 0.2) is 0 Å². The summed E-state index contributed by atoms with van der Waals surface area (Å²) in [6, 6.07) is 8.49. The highest BCUT2D eigenvalue weighted by atomic mass is 19.1. The molecule has 0 aromatic heterocycles. The second-order valence-electron chi connectivity index (χ2n) is 4.00. The first kappa shape index (κ1) is 13.9. The van der Waals surface area contributed by atoms with Crippen LogP contribution in [-0.4, -0.2) is 5.91 Å². The average Bonchev–Trinajstić information content (AvgIpc) is 2.40. The van der Waals surface area contributed by atoms with Gasteiger partial charge in [0.25, 0.3) is 0 Å². The molecule has 2 rings (SSSR count). The fraction of sp³-hybridized carbons (Fsp3) is 0. The van der Waals surface area contributed by atoms with Crippen LogP contribution in [0.25, 0.3) is 6.08 Å². The van der Waals surface area contributed by atoms with Crippen LogP contribution in [0.4, 0.5) is 18.9 Å². The first-order valence-electron chi connectivity index (χ1n) is 5.74. The van der Waals surface area contributed by atoms with Crippen LogP contribution in [0.3, 0.4) is 0 Å². The summed E-state index contributed by atoms with van der Waals surface area (Å²) >= 11 is 0. The van der Waals surface area contributed by atoms with Crippen molar-refractivity contribution in [3.63, 3.8) is 0 Å². The zero-order chi connectivity index (χ0) is 14.5. The van der Waals surface area contributed by atoms with E-state index in [4.69, 9.17) is 0 Å². The Kier molecular flexibility index (Phi) is 4.20. The minimum absolute atomic E-state index is 0.125. The molecule has 2 aromatic rings. The van der Waals surface area contributed by atoms with Crippen molar-refractivity contribution in [3.8, 4) is 0 Å². The number of carbonyl (C=O) groups is 1. The lowest BCUT2D eigenvalue weighted by Gasteiger charge is -2.03. The number of nitrogens with one attached hydrogen (secondary N) is 1.